The Morgan fingerprint density at radius 3 is 3.11 bits per heavy atom. The Morgan fingerprint density at radius 1 is 1.50 bits per heavy atom. The lowest BCUT2D eigenvalue weighted by Gasteiger charge is -2.21. The molecular weight excluding hydrogens is 298 g/mol. The molecule has 1 aromatic heterocycles. The van der Waals surface area contributed by atoms with Gasteiger partial charge in [-0.3, -0.25) is 0 Å². The highest BCUT2D eigenvalue weighted by Gasteiger charge is 2.12. The molecule has 0 saturated carbocycles. The molecule has 96 valence electrons. The van der Waals surface area contributed by atoms with Crippen LogP contribution in [0.2, 0.25) is 0 Å². The SMILES string of the molecule is Oc1ccc(C#CCOC2CCCCO2)nc1Br. The summed E-state index contributed by atoms with van der Waals surface area (Å²) >= 11 is 3.14. The highest BCUT2D eigenvalue weighted by molar-refractivity contribution is 9.10. The highest BCUT2D eigenvalue weighted by atomic mass is 79.9. The maximum absolute atomic E-state index is 9.29. The Balaban J connectivity index is 1.82. The summed E-state index contributed by atoms with van der Waals surface area (Å²) in [5.74, 6) is 5.85. The van der Waals surface area contributed by atoms with Crippen molar-refractivity contribution in [2.75, 3.05) is 13.2 Å². The van der Waals surface area contributed by atoms with Crippen molar-refractivity contribution in [3.8, 4) is 17.6 Å². The van der Waals surface area contributed by atoms with E-state index in [1.54, 1.807) is 12.1 Å². The number of halogens is 1. The van der Waals surface area contributed by atoms with E-state index in [4.69, 9.17) is 9.47 Å². The molecule has 1 N–H and O–H groups in total. The van der Waals surface area contributed by atoms with Crippen LogP contribution in [0.5, 0.6) is 5.75 Å². The van der Waals surface area contributed by atoms with Crippen LogP contribution in [0.1, 0.15) is 25.0 Å². The quantitative estimate of drug-likeness (QED) is 0.673. The van der Waals surface area contributed by atoms with E-state index in [0.29, 0.717) is 16.9 Å². The molecule has 1 unspecified atom stereocenters. The number of aromatic nitrogens is 1. The summed E-state index contributed by atoms with van der Waals surface area (Å²) in [6.45, 7) is 1.09. The third kappa shape index (κ3) is 3.98. The van der Waals surface area contributed by atoms with Crippen LogP contribution in [0.25, 0.3) is 0 Å². The zero-order chi connectivity index (χ0) is 12.8. The van der Waals surface area contributed by atoms with Gasteiger partial charge in [-0.15, -0.1) is 0 Å². The Bertz CT molecular complexity index is 461. The van der Waals surface area contributed by atoms with Crippen LogP contribution in [0.15, 0.2) is 16.7 Å². The molecule has 18 heavy (non-hydrogen) atoms. The van der Waals surface area contributed by atoms with Crippen molar-refractivity contribution in [2.45, 2.75) is 25.6 Å². The van der Waals surface area contributed by atoms with E-state index in [9.17, 15) is 5.11 Å². The van der Waals surface area contributed by atoms with E-state index in [-0.39, 0.29) is 12.0 Å². The average molecular weight is 312 g/mol. The van der Waals surface area contributed by atoms with Gasteiger partial charge in [-0.05, 0) is 53.2 Å². The first-order valence-electron chi connectivity index (χ1n) is 5.83. The Labute approximate surface area is 114 Å². The van der Waals surface area contributed by atoms with Crippen LogP contribution in [0, 0.1) is 11.8 Å². The predicted molar refractivity (Wildman–Crippen MR) is 70.0 cm³/mol. The Kier molecular flexibility index (Phi) is 5.00. The van der Waals surface area contributed by atoms with Gasteiger partial charge >= 0.3 is 0 Å². The van der Waals surface area contributed by atoms with Gasteiger partial charge in [0.15, 0.2) is 6.29 Å². The molecule has 0 bridgehead atoms. The topological polar surface area (TPSA) is 51.6 Å². The van der Waals surface area contributed by atoms with Gasteiger partial charge in [0.05, 0.1) is 0 Å². The third-order valence-corrected chi connectivity index (χ3v) is 3.11. The lowest BCUT2D eigenvalue weighted by atomic mass is 10.2. The molecule has 1 aromatic rings. The van der Waals surface area contributed by atoms with Crippen LogP contribution >= 0.6 is 15.9 Å². The fraction of sp³-hybridized carbons (Fsp3) is 0.462. The molecule has 0 radical (unpaired) electrons. The fourth-order valence-corrected chi connectivity index (χ4v) is 1.92. The van der Waals surface area contributed by atoms with Gasteiger partial charge in [0, 0.05) is 6.61 Å². The van der Waals surface area contributed by atoms with Crippen LogP contribution in [-0.2, 0) is 9.47 Å². The number of aromatic hydroxyl groups is 1. The summed E-state index contributed by atoms with van der Waals surface area (Å²) in [7, 11) is 0. The number of nitrogens with zero attached hydrogens (tertiary/aromatic N) is 1. The van der Waals surface area contributed by atoms with Gasteiger partial charge < -0.3 is 14.6 Å². The lowest BCUT2D eigenvalue weighted by molar-refractivity contribution is -0.154. The molecule has 0 aliphatic carbocycles. The molecule has 1 aliphatic heterocycles. The molecule has 0 aromatic carbocycles. The van der Waals surface area contributed by atoms with Crippen LogP contribution in [-0.4, -0.2) is 29.6 Å². The van der Waals surface area contributed by atoms with Crippen molar-refractivity contribution in [2.24, 2.45) is 0 Å². The number of hydrogen-bond donors (Lipinski definition) is 1. The van der Waals surface area contributed by atoms with E-state index in [0.717, 1.165) is 25.9 Å². The Hall–Kier alpha value is -1.09. The van der Waals surface area contributed by atoms with Crippen molar-refractivity contribution in [1.82, 2.24) is 4.98 Å². The standard InChI is InChI=1S/C13H14BrNO3/c14-13-11(16)7-6-10(15-13)4-3-9-18-12-5-1-2-8-17-12/h6-7,12,16H,1-2,5,8-9H2. The van der Waals surface area contributed by atoms with E-state index in [1.807, 2.05) is 0 Å². The molecule has 4 nitrogen and oxygen atoms in total. The first-order valence-corrected chi connectivity index (χ1v) is 6.62. The molecule has 2 heterocycles. The van der Waals surface area contributed by atoms with Crippen molar-refractivity contribution < 1.29 is 14.6 Å². The van der Waals surface area contributed by atoms with Crippen molar-refractivity contribution in [3.05, 3.63) is 22.4 Å². The molecule has 1 atom stereocenters. The number of ether oxygens (including phenoxy) is 2. The first kappa shape index (κ1) is 13.3. The normalized spacial score (nSPS) is 19.1. The molecule has 1 aliphatic rings. The maximum atomic E-state index is 9.29. The summed E-state index contributed by atoms with van der Waals surface area (Å²) < 4.78 is 11.3. The second-order valence-corrected chi connectivity index (χ2v) is 4.67. The Morgan fingerprint density at radius 2 is 2.39 bits per heavy atom. The van der Waals surface area contributed by atoms with E-state index in [1.165, 1.54) is 0 Å². The molecule has 1 fully saturated rings. The van der Waals surface area contributed by atoms with E-state index < -0.39 is 0 Å². The molecule has 0 amide bonds. The van der Waals surface area contributed by atoms with Gasteiger partial charge in [0.2, 0.25) is 0 Å². The number of rotatable bonds is 2. The van der Waals surface area contributed by atoms with Crippen LogP contribution in [0.3, 0.4) is 0 Å². The summed E-state index contributed by atoms with van der Waals surface area (Å²) in [5, 5.41) is 9.29. The molecule has 0 spiro atoms. The second kappa shape index (κ2) is 6.74. The van der Waals surface area contributed by atoms with Crippen molar-refractivity contribution >= 4 is 15.9 Å². The average Bonchev–Trinajstić information content (AvgIpc) is 2.40. The minimum Gasteiger partial charge on any atom is -0.505 e. The highest BCUT2D eigenvalue weighted by Crippen LogP contribution is 2.20. The smallest absolute Gasteiger partial charge is 0.158 e. The zero-order valence-corrected chi connectivity index (χ0v) is 11.4. The van der Waals surface area contributed by atoms with Gasteiger partial charge in [0.1, 0.15) is 22.7 Å². The molecule has 1 saturated heterocycles. The van der Waals surface area contributed by atoms with Crippen LogP contribution < -0.4 is 0 Å². The lowest BCUT2D eigenvalue weighted by Crippen LogP contribution is -2.22. The van der Waals surface area contributed by atoms with Crippen molar-refractivity contribution in [1.29, 1.82) is 0 Å². The zero-order valence-electron chi connectivity index (χ0n) is 9.86. The van der Waals surface area contributed by atoms with Crippen molar-refractivity contribution in [3.63, 3.8) is 0 Å². The minimum absolute atomic E-state index is 0.104. The van der Waals surface area contributed by atoms with E-state index >= 15 is 0 Å². The summed E-state index contributed by atoms with van der Waals surface area (Å²) in [6.07, 6.45) is 3.07. The minimum atomic E-state index is -0.118. The molecular formula is C13H14BrNO3. The van der Waals surface area contributed by atoms with E-state index in [2.05, 4.69) is 32.8 Å². The summed E-state index contributed by atoms with van der Waals surface area (Å²) in [5.41, 5.74) is 0.591. The van der Waals surface area contributed by atoms with Gasteiger partial charge in [0.25, 0.3) is 0 Å². The monoisotopic (exact) mass is 311 g/mol. The number of pyridine rings is 1. The maximum Gasteiger partial charge on any atom is 0.158 e. The van der Waals surface area contributed by atoms with Gasteiger partial charge in [-0.25, -0.2) is 4.98 Å². The van der Waals surface area contributed by atoms with Gasteiger partial charge in [-0.2, -0.15) is 0 Å². The predicted octanol–water partition coefficient (Wildman–Crippen LogP) is 2.44. The summed E-state index contributed by atoms with van der Waals surface area (Å²) in [4.78, 5) is 4.06. The number of hydrogen-bond acceptors (Lipinski definition) is 4. The van der Waals surface area contributed by atoms with Gasteiger partial charge in [-0.1, -0.05) is 5.92 Å². The summed E-state index contributed by atoms with van der Waals surface area (Å²) in [6, 6.07) is 3.20. The third-order valence-electron chi connectivity index (χ3n) is 2.52. The first-order chi connectivity index (χ1) is 8.75. The second-order valence-electron chi connectivity index (χ2n) is 3.92. The fourth-order valence-electron chi connectivity index (χ4n) is 1.60. The largest absolute Gasteiger partial charge is 0.505 e. The molecule has 2 rings (SSSR count). The van der Waals surface area contributed by atoms with Crippen LogP contribution in [0.4, 0.5) is 0 Å². The molecule has 5 heteroatoms.